The number of hydrogen-bond donors (Lipinski definition) is 1. The Labute approximate surface area is 83.5 Å². The third-order valence-electron chi connectivity index (χ3n) is 0.619. The smallest absolute Gasteiger partial charge is 0.219 e. The number of aliphatic hydroxyl groups is 1. The molecule has 0 aromatic carbocycles. The Bertz CT molecular complexity index is 133. The second-order valence-corrected chi connectivity index (χ2v) is 4.82. The van der Waals surface area contributed by atoms with Gasteiger partial charge in [-0.2, -0.15) is 0 Å². The Hall–Kier alpha value is 1.15. The molecule has 0 bridgehead atoms. The molecule has 0 heterocycles. The number of aliphatic hydroxyl groups excluding tert-OH is 1. The van der Waals surface area contributed by atoms with Crippen LogP contribution in [0.2, 0.25) is 0 Å². The molecule has 0 aliphatic heterocycles. The lowest BCUT2D eigenvalue weighted by atomic mass is 10.4. The Kier molecular flexibility index (Phi) is 4.73. The van der Waals surface area contributed by atoms with Crippen LogP contribution in [-0.4, -0.2) is 15.0 Å². The summed E-state index contributed by atoms with van der Waals surface area (Å²) < 4.78 is -1.92. The van der Waals surface area contributed by atoms with Crippen LogP contribution in [0.3, 0.4) is 0 Å². The van der Waals surface area contributed by atoms with Crippen molar-refractivity contribution in [3.8, 4) is 0 Å². The minimum atomic E-state index is -1.78. The number of hydrogen-bond acceptors (Lipinski definition) is 1. The van der Waals surface area contributed by atoms with Crippen LogP contribution in [0, 0.1) is 0 Å². The van der Waals surface area contributed by atoms with Gasteiger partial charge in [0, 0.05) is 0 Å². The van der Waals surface area contributed by atoms with Gasteiger partial charge >= 0.3 is 0 Å². The molecule has 0 spiro atoms. The normalized spacial score (nSPS) is 14.6. The van der Waals surface area contributed by atoms with Crippen molar-refractivity contribution in [2.45, 2.75) is 9.90 Å². The van der Waals surface area contributed by atoms with Gasteiger partial charge in [-0.05, 0) is 6.08 Å². The van der Waals surface area contributed by atoms with E-state index in [1.54, 1.807) is 0 Å². The largest absolute Gasteiger partial charge is 0.384 e. The molecule has 0 aromatic rings. The van der Waals surface area contributed by atoms with Gasteiger partial charge in [0.1, 0.15) is 10.6 Å². The van der Waals surface area contributed by atoms with E-state index >= 15 is 0 Å². The van der Waals surface area contributed by atoms with Crippen LogP contribution >= 0.6 is 58.0 Å². The van der Waals surface area contributed by atoms with Crippen molar-refractivity contribution in [3.05, 3.63) is 10.6 Å². The zero-order chi connectivity index (χ0) is 8.36. The van der Waals surface area contributed by atoms with Crippen LogP contribution in [0.5, 0.6) is 0 Å². The van der Waals surface area contributed by atoms with Crippen LogP contribution in [0.1, 0.15) is 0 Å². The molecule has 0 aromatic heterocycles. The summed E-state index contributed by atoms with van der Waals surface area (Å²) in [6.45, 7) is 0. The lowest BCUT2D eigenvalue weighted by molar-refractivity contribution is 0.228. The van der Waals surface area contributed by atoms with Gasteiger partial charge in [0.2, 0.25) is 3.79 Å². The average Bonchev–Trinajstić information content (AvgIpc) is 1.60. The van der Waals surface area contributed by atoms with Crippen molar-refractivity contribution in [1.82, 2.24) is 0 Å². The summed E-state index contributed by atoms with van der Waals surface area (Å²) in [5.74, 6) is 0. The molecule has 0 rings (SSSR count). The Morgan fingerprint density at radius 2 is 1.70 bits per heavy atom. The first-order chi connectivity index (χ1) is 4.34. The second-order valence-electron chi connectivity index (χ2n) is 1.44. The van der Waals surface area contributed by atoms with E-state index in [2.05, 4.69) is 0 Å². The number of alkyl halides is 3. The first kappa shape index (κ1) is 11.2. The lowest BCUT2D eigenvalue weighted by Crippen LogP contribution is -2.22. The van der Waals surface area contributed by atoms with Gasteiger partial charge in [-0.1, -0.05) is 58.0 Å². The molecule has 1 atom stereocenters. The van der Waals surface area contributed by atoms with Gasteiger partial charge in [0.25, 0.3) is 0 Å². The van der Waals surface area contributed by atoms with E-state index in [4.69, 9.17) is 63.1 Å². The molecule has 0 aliphatic rings. The quantitative estimate of drug-likeness (QED) is 0.703. The van der Waals surface area contributed by atoms with Gasteiger partial charge < -0.3 is 5.11 Å². The SMILES string of the molecule is OC(C=C(Cl)Cl)C(Cl)(Cl)Cl. The van der Waals surface area contributed by atoms with Crippen LogP contribution in [0.25, 0.3) is 0 Å². The maximum atomic E-state index is 8.91. The summed E-state index contributed by atoms with van der Waals surface area (Å²) in [7, 11) is 0. The monoisotopic (exact) mass is 242 g/mol. The topological polar surface area (TPSA) is 20.2 Å². The lowest BCUT2D eigenvalue weighted by Gasteiger charge is -2.14. The average molecular weight is 244 g/mol. The van der Waals surface area contributed by atoms with E-state index in [0.29, 0.717) is 0 Å². The summed E-state index contributed by atoms with van der Waals surface area (Å²) in [5, 5.41) is 8.91. The molecule has 0 fully saturated rings. The zero-order valence-electron chi connectivity index (χ0n) is 4.49. The van der Waals surface area contributed by atoms with Crippen LogP contribution in [0.15, 0.2) is 10.6 Å². The minimum absolute atomic E-state index is 0.140. The van der Waals surface area contributed by atoms with Gasteiger partial charge in [-0.15, -0.1) is 0 Å². The fourth-order valence-electron chi connectivity index (χ4n) is 0.214. The highest BCUT2D eigenvalue weighted by atomic mass is 35.6. The van der Waals surface area contributed by atoms with Crippen LogP contribution in [-0.2, 0) is 0 Å². The fraction of sp³-hybridized carbons (Fsp3) is 0.500. The highest BCUT2D eigenvalue weighted by Crippen LogP contribution is 2.31. The molecule has 6 heteroatoms. The third kappa shape index (κ3) is 4.89. The van der Waals surface area contributed by atoms with Gasteiger partial charge in [0.05, 0.1) is 0 Å². The van der Waals surface area contributed by atoms with Crippen molar-refractivity contribution in [3.63, 3.8) is 0 Å². The Morgan fingerprint density at radius 3 is 1.80 bits per heavy atom. The molecule has 0 aliphatic carbocycles. The van der Waals surface area contributed by atoms with Gasteiger partial charge in [-0.3, -0.25) is 0 Å². The molecule has 10 heavy (non-hydrogen) atoms. The van der Waals surface area contributed by atoms with Crippen molar-refractivity contribution in [2.24, 2.45) is 0 Å². The molecular weight excluding hydrogens is 241 g/mol. The molecule has 0 amide bonds. The Balaban J connectivity index is 4.11. The highest BCUT2D eigenvalue weighted by molar-refractivity contribution is 6.68. The van der Waals surface area contributed by atoms with E-state index in [0.717, 1.165) is 6.08 Å². The van der Waals surface area contributed by atoms with E-state index in [1.807, 2.05) is 0 Å². The maximum Gasteiger partial charge on any atom is 0.219 e. The van der Waals surface area contributed by atoms with Gasteiger partial charge in [0.15, 0.2) is 0 Å². The predicted molar refractivity (Wildman–Crippen MR) is 46.1 cm³/mol. The number of rotatable bonds is 1. The summed E-state index contributed by atoms with van der Waals surface area (Å²) in [5.41, 5.74) is 0. The summed E-state index contributed by atoms with van der Waals surface area (Å²) in [6.07, 6.45) is -0.265. The predicted octanol–water partition coefficient (Wildman–Crippen LogP) is 3.04. The van der Waals surface area contributed by atoms with Crippen molar-refractivity contribution in [2.75, 3.05) is 0 Å². The van der Waals surface area contributed by atoms with Crippen molar-refractivity contribution < 1.29 is 5.11 Å². The molecule has 1 unspecified atom stereocenters. The third-order valence-corrected chi connectivity index (χ3v) is 1.54. The molecule has 60 valence electrons. The minimum Gasteiger partial charge on any atom is -0.384 e. The summed E-state index contributed by atoms with van der Waals surface area (Å²) in [6, 6.07) is 0. The van der Waals surface area contributed by atoms with E-state index < -0.39 is 9.90 Å². The fourth-order valence-corrected chi connectivity index (χ4v) is 0.641. The molecule has 0 saturated heterocycles. The summed E-state index contributed by atoms with van der Waals surface area (Å²) in [4.78, 5) is 0. The molecule has 0 saturated carbocycles. The first-order valence-corrected chi connectivity index (χ1v) is 4.00. The molecule has 1 N–H and O–H groups in total. The van der Waals surface area contributed by atoms with E-state index in [9.17, 15) is 0 Å². The zero-order valence-corrected chi connectivity index (χ0v) is 8.27. The van der Waals surface area contributed by atoms with E-state index in [-0.39, 0.29) is 4.49 Å². The Morgan fingerprint density at radius 1 is 1.30 bits per heavy atom. The van der Waals surface area contributed by atoms with Crippen LogP contribution < -0.4 is 0 Å². The molecular formula is C4H3Cl5O. The van der Waals surface area contributed by atoms with Gasteiger partial charge in [-0.25, -0.2) is 0 Å². The van der Waals surface area contributed by atoms with E-state index in [1.165, 1.54) is 0 Å². The molecule has 0 radical (unpaired) electrons. The summed E-state index contributed by atoms with van der Waals surface area (Å²) >= 11 is 26.1. The highest BCUT2D eigenvalue weighted by Gasteiger charge is 2.28. The maximum absolute atomic E-state index is 8.91. The standard InChI is InChI=1S/C4H3Cl5O/c5-3(6)1-2(10)4(7,8)9/h1-2,10H. The van der Waals surface area contributed by atoms with Crippen molar-refractivity contribution in [1.29, 1.82) is 0 Å². The van der Waals surface area contributed by atoms with Crippen LogP contribution in [0.4, 0.5) is 0 Å². The second kappa shape index (κ2) is 4.24. The first-order valence-electron chi connectivity index (χ1n) is 2.11. The van der Waals surface area contributed by atoms with Crippen molar-refractivity contribution >= 4 is 58.0 Å². The number of halogens is 5. The molecule has 1 nitrogen and oxygen atoms in total.